The molecule has 1 N–H and O–H groups in total. The van der Waals surface area contributed by atoms with Crippen LogP contribution in [0.2, 0.25) is 0 Å². The van der Waals surface area contributed by atoms with Gasteiger partial charge >= 0.3 is 0 Å². The van der Waals surface area contributed by atoms with E-state index in [0.29, 0.717) is 47.2 Å². The average Bonchev–Trinajstić information content (AvgIpc) is 3.35. The Balaban J connectivity index is 1.39. The second kappa shape index (κ2) is 15.8. The number of anilines is 1. The van der Waals surface area contributed by atoms with Crippen LogP contribution in [0.4, 0.5) is 22.2 Å². The van der Waals surface area contributed by atoms with Gasteiger partial charge in [0, 0.05) is 58.1 Å². The molecule has 1 atom stereocenters. The number of nitrogens with one attached hydrogen (secondary N) is 1. The molecular weight excluding hydrogens is 520 g/mol. The molecule has 0 saturated heterocycles. The molecule has 0 radical (unpaired) electrons. The largest absolute Gasteiger partial charge is 0.382 e. The molecule has 1 unspecified atom stereocenters. The van der Waals surface area contributed by atoms with Gasteiger partial charge in [0.1, 0.15) is 0 Å². The van der Waals surface area contributed by atoms with Gasteiger partial charge in [0.2, 0.25) is 11.0 Å². The third kappa shape index (κ3) is 9.97. The van der Waals surface area contributed by atoms with Crippen molar-refractivity contribution < 1.29 is 19.2 Å². The lowest BCUT2D eigenvalue weighted by Crippen LogP contribution is -2.29. The maximum absolute atomic E-state index is 12.3. The zero-order valence-electron chi connectivity index (χ0n) is 22.7. The summed E-state index contributed by atoms with van der Waals surface area (Å²) in [5.41, 5.74) is 2.29. The number of unbranched alkanes of at least 4 members (excludes halogenated alkanes) is 1. The van der Waals surface area contributed by atoms with E-state index in [1.54, 1.807) is 13.2 Å². The lowest BCUT2D eigenvalue weighted by Gasteiger charge is -2.19. The lowest BCUT2D eigenvalue weighted by molar-refractivity contribution is -0.384. The molecule has 1 aromatic heterocycles. The average molecular weight is 557 g/mol. The van der Waals surface area contributed by atoms with E-state index in [2.05, 4.69) is 27.5 Å². The van der Waals surface area contributed by atoms with Gasteiger partial charge in [0.15, 0.2) is 0 Å². The van der Waals surface area contributed by atoms with Crippen LogP contribution in [0.5, 0.6) is 0 Å². The van der Waals surface area contributed by atoms with Crippen molar-refractivity contribution in [3.05, 3.63) is 52.6 Å². The molecule has 3 aromatic rings. The smallest absolute Gasteiger partial charge is 0.270 e. The molecule has 0 aliphatic rings. The molecule has 3 rings (SSSR count). The maximum atomic E-state index is 12.3. The van der Waals surface area contributed by atoms with Crippen LogP contribution in [0.1, 0.15) is 39.0 Å². The fraction of sp³-hybridized carbons (Fsp3) is 0.481. The summed E-state index contributed by atoms with van der Waals surface area (Å²) in [6, 6.07) is 12.0. The van der Waals surface area contributed by atoms with Crippen molar-refractivity contribution in [3.8, 4) is 0 Å². The van der Waals surface area contributed by atoms with Gasteiger partial charge < -0.3 is 19.7 Å². The second-order valence-corrected chi connectivity index (χ2v) is 10.1. The van der Waals surface area contributed by atoms with Crippen LogP contribution in [0.15, 0.2) is 52.7 Å². The number of methoxy groups -OCH3 is 1. The predicted molar refractivity (Wildman–Crippen MR) is 154 cm³/mol. The summed E-state index contributed by atoms with van der Waals surface area (Å²) < 4.78 is 11.7. The third-order valence-electron chi connectivity index (χ3n) is 5.97. The zero-order valence-corrected chi connectivity index (χ0v) is 23.5. The van der Waals surface area contributed by atoms with E-state index in [0.717, 1.165) is 38.0 Å². The normalized spacial score (nSPS) is 12.2. The molecule has 0 fully saturated rings. The summed E-state index contributed by atoms with van der Waals surface area (Å²) in [4.78, 5) is 29.1. The molecule has 1 amide bonds. The number of nitro groups is 1. The van der Waals surface area contributed by atoms with Gasteiger partial charge in [-0.2, -0.15) is 0 Å². The van der Waals surface area contributed by atoms with E-state index < -0.39 is 4.92 Å². The standard InChI is InChI=1S/C27H36N6O5S/c1-4-17-38-23(19-37-3)7-5-6-15-28-26(34)14-16-32(2)21-10-8-20(9-11-21)30-31-27-29-24-13-12-22(33(35)36)18-25(24)39-27/h8-13,18,23H,4-7,14-17,19H2,1-3H3,(H,28,34). The first-order chi connectivity index (χ1) is 18.9. The number of hydrogen-bond donors (Lipinski definition) is 1. The van der Waals surface area contributed by atoms with E-state index in [-0.39, 0.29) is 17.7 Å². The molecule has 11 nitrogen and oxygen atoms in total. The van der Waals surface area contributed by atoms with Crippen LogP contribution < -0.4 is 10.2 Å². The highest BCUT2D eigenvalue weighted by atomic mass is 32.1. The predicted octanol–water partition coefficient (Wildman–Crippen LogP) is 6.17. The number of carbonyl (C=O) groups is 1. The fourth-order valence-electron chi connectivity index (χ4n) is 3.83. The Labute approximate surface area is 232 Å². The van der Waals surface area contributed by atoms with Gasteiger partial charge in [0.05, 0.1) is 33.5 Å². The van der Waals surface area contributed by atoms with Crippen molar-refractivity contribution in [1.82, 2.24) is 10.3 Å². The number of thiazole rings is 1. The van der Waals surface area contributed by atoms with Crippen molar-refractivity contribution in [3.63, 3.8) is 0 Å². The first kappa shape index (κ1) is 30.1. The Morgan fingerprint density at radius 2 is 2.00 bits per heavy atom. The molecule has 1 heterocycles. The summed E-state index contributed by atoms with van der Waals surface area (Å²) in [7, 11) is 3.63. The van der Waals surface area contributed by atoms with Crippen LogP contribution in [-0.4, -0.2) is 62.4 Å². The van der Waals surface area contributed by atoms with E-state index in [9.17, 15) is 14.9 Å². The number of hydrogen-bond acceptors (Lipinski definition) is 10. The second-order valence-electron chi connectivity index (χ2n) is 9.09. The molecule has 0 aliphatic heterocycles. The number of amides is 1. The molecule has 12 heteroatoms. The van der Waals surface area contributed by atoms with Gasteiger partial charge in [0.25, 0.3) is 5.69 Å². The minimum atomic E-state index is -0.433. The summed E-state index contributed by atoms with van der Waals surface area (Å²) in [6.45, 7) is 4.67. The molecule has 39 heavy (non-hydrogen) atoms. The Bertz CT molecular complexity index is 1230. The Kier molecular flexibility index (Phi) is 12.2. The highest BCUT2D eigenvalue weighted by Gasteiger charge is 2.11. The molecule has 0 aliphatic carbocycles. The molecule has 0 bridgehead atoms. The summed E-state index contributed by atoms with van der Waals surface area (Å²) in [5.74, 6) is 0.0316. The first-order valence-electron chi connectivity index (χ1n) is 13.0. The molecule has 2 aromatic carbocycles. The summed E-state index contributed by atoms with van der Waals surface area (Å²) >= 11 is 1.25. The number of non-ortho nitro benzene ring substituents is 1. The van der Waals surface area contributed by atoms with E-state index in [4.69, 9.17) is 9.47 Å². The van der Waals surface area contributed by atoms with Crippen LogP contribution in [0.3, 0.4) is 0 Å². The minimum absolute atomic E-state index is 0.0203. The Morgan fingerprint density at radius 3 is 2.72 bits per heavy atom. The monoisotopic (exact) mass is 556 g/mol. The van der Waals surface area contributed by atoms with Crippen molar-refractivity contribution >= 4 is 49.7 Å². The Hall–Kier alpha value is -3.48. The van der Waals surface area contributed by atoms with Crippen LogP contribution in [0.25, 0.3) is 10.2 Å². The van der Waals surface area contributed by atoms with Gasteiger partial charge in [-0.05, 0) is 56.0 Å². The summed E-state index contributed by atoms with van der Waals surface area (Å²) in [6.07, 6.45) is 4.31. The molecule has 0 spiro atoms. The van der Waals surface area contributed by atoms with Gasteiger partial charge in [-0.3, -0.25) is 14.9 Å². The first-order valence-corrected chi connectivity index (χ1v) is 13.9. The topological polar surface area (TPSA) is 132 Å². The SMILES string of the molecule is CCCOC(CCCCNC(=O)CCN(C)c1ccc(N=Nc2nc3ccc([N+](=O)[O-])cc3s2)cc1)COC. The number of carbonyl (C=O) groups excluding carboxylic acids is 1. The lowest BCUT2D eigenvalue weighted by atomic mass is 10.1. The number of azo groups is 1. The van der Waals surface area contributed by atoms with E-state index in [1.165, 1.54) is 23.5 Å². The molecule has 210 valence electrons. The van der Waals surface area contributed by atoms with Crippen molar-refractivity contribution in [2.45, 2.75) is 45.1 Å². The van der Waals surface area contributed by atoms with Gasteiger partial charge in [-0.1, -0.05) is 18.3 Å². The van der Waals surface area contributed by atoms with Gasteiger partial charge in [-0.15, -0.1) is 10.2 Å². The van der Waals surface area contributed by atoms with Crippen molar-refractivity contribution in [1.29, 1.82) is 0 Å². The quantitative estimate of drug-likeness (QED) is 0.0909. The van der Waals surface area contributed by atoms with Gasteiger partial charge in [-0.25, -0.2) is 4.98 Å². The maximum Gasteiger partial charge on any atom is 0.270 e. The fourth-order valence-corrected chi connectivity index (χ4v) is 4.65. The number of aromatic nitrogens is 1. The highest BCUT2D eigenvalue weighted by molar-refractivity contribution is 7.21. The zero-order chi connectivity index (χ0) is 28.0. The molecule has 0 saturated carbocycles. The summed E-state index contributed by atoms with van der Waals surface area (Å²) in [5, 5.41) is 22.8. The number of fused-ring (bicyclic) bond motifs is 1. The number of ether oxygens (including phenoxy) is 2. The van der Waals surface area contributed by atoms with E-state index in [1.807, 2.05) is 36.2 Å². The van der Waals surface area contributed by atoms with Crippen LogP contribution in [-0.2, 0) is 14.3 Å². The van der Waals surface area contributed by atoms with Crippen molar-refractivity contribution in [2.24, 2.45) is 10.2 Å². The molecular formula is C27H36N6O5S. The Morgan fingerprint density at radius 1 is 1.21 bits per heavy atom. The highest BCUT2D eigenvalue weighted by Crippen LogP contribution is 2.32. The number of nitrogens with zero attached hydrogens (tertiary/aromatic N) is 5. The number of benzene rings is 2. The van der Waals surface area contributed by atoms with Crippen LogP contribution in [0, 0.1) is 10.1 Å². The number of nitro benzene ring substituents is 1. The third-order valence-corrected chi connectivity index (χ3v) is 6.88. The minimum Gasteiger partial charge on any atom is -0.382 e. The van der Waals surface area contributed by atoms with Crippen molar-refractivity contribution in [2.75, 3.05) is 45.4 Å². The van der Waals surface area contributed by atoms with E-state index >= 15 is 0 Å². The van der Waals surface area contributed by atoms with Crippen LogP contribution >= 0.6 is 11.3 Å². The number of rotatable bonds is 17.